The first-order chi connectivity index (χ1) is 11.2. The molecule has 1 unspecified atom stereocenters. The van der Waals surface area contributed by atoms with Gasteiger partial charge in [-0.05, 0) is 7.05 Å². The lowest BCUT2D eigenvalue weighted by molar-refractivity contribution is -0.384. The summed E-state index contributed by atoms with van der Waals surface area (Å²) in [6, 6.07) is 5.55. The van der Waals surface area contributed by atoms with Gasteiger partial charge in [-0.15, -0.1) is 0 Å². The zero-order chi connectivity index (χ0) is 17.9. The Hall–Kier alpha value is -2.53. The Labute approximate surface area is 133 Å². The molecule has 0 amide bonds. The average molecular weight is 346 g/mol. The SMILES string of the molecule is CN(Cc1nc(-c2cccc([N+](=O)[O-])c2)no1)CC(O)C(F)(F)F. The standard InChI is InChI=1S/C13H13F3N4O4/c1-19(6-10(21)13(14,15)16)7-11-17-12(18-24-11)8-3-2-4-9(5-8)20(22)23/h2-5,10,21H,6-7H2,1H3. The lowest BCUT2D eigenvalue weighted by Crippen LogP contribution is -2.39. The van der Waals surface area contributed by atoms with Crippen LogP contribution in [-0.2, 0) is 6.54 Å². The highest BCUT2D eigenvalue weighted by Crippen LogP contribution is 2.23. The molecule has 24 heavy (non-hydrogen) atoms. The number of halogens is 3. The van der Waals surface area contributed by atoms with Crippen LogP contribution < -0.4 is 0 Å². The van der Waals surface area contributed by atoms with Crippen molar-refractivity contribution >= 4 is 5.69 Å². The van der Waals surface area contributed by atoms with Crippen LogP contribution in [0.2, 0.25) is 0 Å². The van der Waals surface area contributed by atoms with Gasteiger partial charge in [0, 0.05) is 24.2 Å². The van der Waals surface area contributed by atoms with E-state index in [-0.39, 0.29) is 23.9 Å². The molecule has 0 aliphatic carbocycles. The molecule has 1 atom stereocenters. The topological polar surface area (TPSA) is 106 Å². The van der Waals surface area contributed by atoms with Crippen molar-refractivity contribution in [2.24, 2.45) is 0 Å². The molecule has 0 bridgehead atoms. The fraction of sp³-hybridized carbons (Fsp3) is 0.385. The number of rotatable bonds is 6. The number of likely N-dealkylation sites (N-methyl/N-ethyl adjacent to an activating group) is 1. The first-order valence-corrected chi connectivity index (χ1v) is 6.67. The molecular formula is C13H13F3N4O4. The summed E-state index contributed by atoms with van der Waals surface area (Å²) >= 11 is 0. The van der Waals surface area contributed by atoms with E-state index in [1.54, 1.807) is 6.07 Å². The number of aliphatic hydroxyl groups excluding tert-OH is 1. The molecule has 0 spiro atoms. The maximum absolute atomic E-state index is 12.3. The highest BCUT2D eigenvalue weighted by atomic mass is 19.4. The van der Waals surface area contributed by atoms with Crippen LogP contribution in [0.1, 0.15) is 5.89 Å². The number of benzene rings is 1. The van der Waals surface area contributed by atoms with E-state index in [2.05, 4.69) is 10.1 Å². The molecular weight excluding hydrogens is 333 g/mol. The van der Waals surface area contributed by atoms with Gasteiger partial charge in [-0.25, -0.2) is 0 Å². The van der Waals surface area contributed by atoms with E-state index in [0.29, 0.717) is 5.56 Å². The number of nitro groups is 1. The Bertz CT molecular complexity index is 719. The summed E-state index contributed by atoms with van der Waals surface area (Å²) < 4.78 is 41.8. The number of aliphatic hydroxyl groups is 1. The van der Waals surface area contributed by atoms with E-state index >= 15 is 0 Å². The van der Waals surface area contributed by atoms with Crippen molar-refractivity contribution in [1.82, 2.24) is 15.0 Å². The van der Waals surface area contributed by atoms with Gasteiger partial charge in [-0.1, -0.05) is 17.3 Å². The fourth-order valence-corrected chi connectivity index (χ4v) is 1.89. The average Bonchev–Trinajstić information content (AvgIpc) is 2.94. The number of hydrogen-bond donors (Lipinski definition) is 1. The molecule has 0 saturated carbocycles. The molecule has 2 aromatic rings. The summed E-state index contributed by atoms with van der Waals surface area (Å²) in [4.78, 5) is 15.3. The monoisotopic (exact) mass is 346 g/mol. The fourth-order valence-electron chi connectivity index (χ4n) is 1.89. The van der Waals surface area contributed by atoms with Crippen molar-refractivity contribution in [2.75, 3.05) is 13.6 Å². The van der Waals surface area contributed by atoms with E-state index in [1.165, 1.54) is 30.1 Å². The van der Waals surface area contributed by atoms with Gasteiger partial charge in [0.15, 0.2) is 6.10 Å². The smallest absolute Gasteiger partial charge is 0.382 e. The van der Waals surface area contributed by atoms with Gasteiger partial charge < -0.3 is 9.63 Å². The lowest BCUT2D eigenvalue weighted by atomic mass is 10.2. The highest BCUT2D eigenvalue weighted by Gasteiger charge is 2.38. The zero-order valence-corrected chi connectivity index (χ0v) is 12.4. The van der Waals surface area contributed by atoms with Crippen LogP contribution in [0.25, 0.3) is 11.4 Å². The molecule has 0 saturated heterocycles. The molecule has 0 aliphatic rings. The third-order valence-electron chi connectivity index (χ3n) is 3.05. The highest BCUT2D eigenvalue weighted by molar-refractivity contribution is 5.58. The normalized spacial score (nSPS) is 13.2. The van der Waals surface area contributed by atoms with Gasteiger partial charge in [0.25, 0.3) is 5.69 Å². The molecule has 0 fully saturated rings. The Morgan fingerprint density at radius 1 is 1.46 bits per heavy atom. The second-order valence-electron chi connectivity index (χ2n) is 5.07. The Morgan fingerprint density at radius 3 is 2.79 bits per heavy atom. The Morgan fingerprint density at radius 2 is 2.17 bits per heavy atom. The second-order valence-corrected chi connectivity index (χ2v) is 5.07. The molecule has 8 nitrogen and oxygen atoms in total. The lowest BCUT2D eigenvalue weighted by Gasteiger charge is -2.20. The first-order valence-electron chi connectivity index (χ1n) is 6.67. The number of aromatic nitrogens is 2. The maximum Gasteiger partial charge on any atom is 0.415 e. The van der Waals surface area contributed by atoms with Gasteiger partial charge in [0.1, 0.15) is 0 Å². The minimum absolute atomic E-state index is 0.0216. The molecule has 11 heteroatoms. The van der Waals surface area contributed by atoms with Crippen LogP contribution in [0.3, 0.4) is 0 Å². The van der Waals surface area contributed by atoms with Crippen molar-refractivity contribution in [1.29, 1.82) is 0 Å². The van der Waals surface area contributed by atoms with Crippen molar-refractivity contribution in [3.63, 3.8) is 0 Å². The molecule has 1 heterocycles. The number of non-ortho nitro benzene ring substituents is 1. The molecule has 1 aromatic carbocycles. The second kappa shape index (κ2) is 6.93. The van der Waals surface area contributed by atoms with Crippen molar-refractivity contribution in [3.05, 3.63) is 40.3 Å². The van der Waals surface area contributed by atoms with Crippen LogP contribution in [-0.4, -0.2) is 50.9 Å². The minimum atomic E-state index is -4.71. The molecule has 1 N–H and O–H groups in total. The quantitative estimate of drug-likeness (QED) is 0.630. The number of nitro benzene ring substituents is 1. The van der Waals surface area contributed by atoms with E-state index in [1.807, 2.05) is 0 Å². The molecule has 2 rings (SSSR count). The van der Waals surface area contributed by atoms with E-state index in [4.69, 9.17) is 9.63 Å². The molecule has 1 aromatic heterocycles. The van der Waals surface area contributed by atoms with Crippen molar-refractivity contribution in [3.8, 4) is 11.4 Å². The number of nitrogens with zero attached hydrogens (tertiary/aromatic N) is 4. The predicted molar refractivity (Wildman–Crippen MR) is 74.8 cm³/mol. The van der Waals surface area contributed by atoms with Crippen LogP contribution in [0.15, 0.2) is 28.8 Å². The molecule has 130 valence electrons. The first kappa shape index (κ1) is 17.8. The predicted octanol–water partition coefficient (Wildman–Crippen LogP) is 2.00. The summed E-state index contributed by atoms with van der Waals surface area (Å²) in [6.07, 6.45) is -7.20. The summed E-state index contributed by atoms with van der Waals surface area (Å²) in [5.74, 6) is 0.104. The third-order valence-corrected chi connectivity index (χ3v) is 3.05. The maximum atomic E-state index is 12.3. The summed E-state index contributed by atoms with van der Waals surface area (Å²) in [7, 11) is 1.35. The van der Waals surface area contributed by atoms with Crippen molar-refractivity contribution in [2.45, 2.75) is 18.8 Å². The van der Waals surface area contributed by atoms with E-state index in [0.717, 1.165) is 0 Å². The minimum Gasteiger partial charge on any atom is -0.382 e. The van der Waals surface area contributed by atoms with E-state index < -0.39 is 23.7 Å². The van der Waals surface area contributed by atoms with Gasteiger partial charge >= 0.3 is 6.18 Å². The number of hydrogen-bond acceptors (Lipinski definition) is 7. The molecule has 0 radical (unpaired) electrons. The van der Waals surface area contributed by atoms with Crippen molar-refractivity contribution < 1.29 is 27.7 Å². The Kier molecular flexibility index (Phi) is 5.14. The van der Waals surface area contributed by atoms with Crippen LogP contribution in [0.5, 0.6) is 0 Å². The molecule has 0 aliphatic heterocycles. The van der Waals surface area contributed by atoms with Gasteiger partial charge in [0.2, 0.25) is 11.7 Å². The van der Waals surface area contributed by atoms with Crippen LogP contribution in [0.4, 0.5) is 18.9 Å². The zero-order valence-electron chi connectivity index (χ0n) is 12.4. The van der Waals surface area contributed by atoms with Crippen LogP contribution >= 0.6 is 0 Å². The van der Waals surface area contributed by atoms with Gasteiger partial charge in [-0.3, -0.25) is 15.0 Å². The van der Waals surface area contributed by atoms with E-state index in [9.17, 15) is 23.3 Å². The third kappa shape index (κ3) is 4.49. The summed E-state index contributed by atoms with van der Waals surface area (Å²) in [6.45, 7) is -0.771. The van der Waals surface area contributed by atoms with Crippen LogP contribution in [0, 0.1) is 10.1 Å². The van der Waals surface area contributed by atoms with Gasteiger partial charge in [-0.2, -0.15) is 18.2 Å². The Balaban J connectivity index is 2.05. The summed E-state index contributed by atoms with van der Waals surface area (Å²) in [5.41, 5.74) is 0.196. The largest absolute Gasteiger partial charge is 0.415 e. The van der Waals surface area contributed by atoms with Gasteiger partial charge in [0.05, 0.1) is 11.5 Å². The summed E-state index contributed by atoms with van der Waals surface area (Å²) in [5, 5.41) is 23.4. The number of alkyl halides is 3.